The van der Waals surface area contributed by atoms with Crippen LogP contribution in [0.15, 0.2) is 30.3 Å². The van der Waals surface area contributed by atoms with Crippen LogP contribution >= 0.6 is 0 Å². The highest BCUT2D eigenvalue weighted by atomic mass is 16.1. The van der Waals surface area contributed by atoms with E-state index in [1.54, 1.807) is 6.07 Å². The van der Waals surface area contributed by atoms with E-state index in [0.29, 0.717) is 24.0 Å². The molecule has 2 heterocycles. The van der Waals surface area contributed by atoms with Gasteiger partial charge in [-0.15, -0.1) is 0 Å². The van der Waals surface area contributed by atoms with Crippen molar-refractivity contribution in [3.63, 3.8) is 0 Å². The molecule has 23 heavy (non-hydrogen) atoms. The molecule has 120 valence electrons. The normalized spacial score (nSPS) is 13.3. The lowest BCUT2D eigenvalue weighted by molar-refractivity contribution is 0.0943. The summed E-state index contributed by atoms with van der Waals surface area (Å²) in [6.07, 6.45) is 0.994. The van der Waals surface area contributed by atoms with Crippen LogP contribution < -0.4 is 10.2 Å². The van der Waals surface area contributed by atoms with Crippen LogP contribution in [0, 0.1) is 12.8 Å². The number of benzene rings is 1. The number of hydrogen-bond acceptors (Lipinski definition) is 4. The largest absolute Gasteiger partial charge is 0.350 e. The van der Waals surface area contributed by atoms with Gasteiger partial charge in [0, 0.05) is 24.8 Å². The molecule has 3 rings (SSSR count). The van der Waals surface area contributed by atoms with E-state index in [0.717, 1.165) is 18.8 Å². The van der Waals surface area contributed by atoms with Crippen LogP contribution in [0.2, 0.25) is 0 Å². The number of fused-ring (bicyclic) bond motifs is 1. The molecule has 2 aromatic rings. The Morgan fingerprint density at radius 1 is 1.30 bits per heavy atom. The fraction of sp³-hybridized carbons (Fsp3) is 0.389. The summed E-state index contributed by atoms with van der Waals surface area (Å²) in [5.41, 5.74) is 2.91. The summed E-state index contributed by atoms with van der Waals surface area (Å²) in [5.74, 6) is 1.67. The van der Waals surface area contributed by atoms with Gasteiger partial charge in [-0.25, -0.2) is 9.97 Å². The van der Waals surface area contributed by atoms with Gasteiger partial charge in [-0.2, -0.15) is 0 Å². The number of para-hydroxylation sites is 1. The third-order valence-corrected chi connectivity index (χ3v) is 3.89. The molecule has 0 aliphatic carbocycles. The van der Waals surface area contributed by atoms with Gasteiger partial charge in [0.05, 0.1) is 0 Å². The van der Waals surface area contributed by atoms with Gasteiger partial charge in [0.1, 0.15) is 17.3 Å². The van der Waals surface area contributed by atoms with E-state index >= 15 is 0 Å². The SMILES string of the molecule is Cc1nc(C(=O)NCC(C)C)cc(N2CCc3ccccc32)n1. The molecule has 1 aromatic carbocycles. The Balaban J connectivity index is 1.88. The summed E-state index contributed by atoms with van der Waals surface area (Å²) >= 11 is 0. The Labute approximate surface area is 136 Å². The molecule has 1 N–H and O–H groups in total. The predicted molar refractivity (Wildman–Crippen MR) is 91.1 cm³/mol. The Hall–Kier alpha value is -2.43. The lowest BCUT2D eigenvalue weighted by atomic mass is 10.2. The number of carbonyl (C=O) groups is 1. The van der Waals surface area contributed by atoms with Gasteiger partial charge in [-0.05, 0) is 30.9 Å². The Bertz CT molecular complexity index is 727. The summed E-state index contributed by atoms with van der Waals surface area (Å²) in [5, 5.41) is 2.91. The first-order valence-electron chi connectivity index (χ1n) is 8.04. The molecule has 1 amide bonds. The predicted octanol–water partition coefficient (Wildman–Crippen LogP) is 2.87. The van der Waals surface area contributed by atoms with E-state index < -0.39 is 0 Å². The van der Waals surface area contributed by atoms with E-state index in [2.05, 4.69) is 52.2 Å². The number of rotatable bonds is 4. The summed E-state index contributed by atoms with van der Waals surface area (Å²) in [4.78, 5) is 23.3. The van der Waals surface area contributed by atoms with E-state index in [-0.39, 0.29) is 5.91 Å². The summed E-state index contributed by atoms with van der Waals surface area (Å²) in [6, 6.07) is 10.1. The molecule has 1 aromatic heterocycles. The quantitative estimate of drug-likeness (QED) is 0.943. The van der Waals surface area contributed by atoms with E-state index in [9.17, 15) is 4.79 Å². The smallest absolute Gasteiger partial charge is 0.270 e. The highest BCUT2D eigenvalue weighted by molar-refractivity contribution is 5.93. The second kappa shape index (κ2) is 6.36. The number of aromatic nitrogens is 2. The topological polar surface area (TPSA) is 58.1 Å². The number of nitrogens with one attached hydrogen (secondary N) is 1. The number of carbonyl (C=O) groups excluding carboxylic acids is 1. The Morgan fingerprint density at radius 2 is 2.09 bits per heavy atom. The van der Waals surface area contributed by atoms with Gasteiger partial charge in [-0.3, -0.25) is 4.79 Å². The first-order chi connectivity index (χ1) is 11.0. The van der Waals surface area contributed by atoms with Crippen molar-refractivity contribution in [1.82, 2.24) is 15.3 Å². The number of hydrogen-bond donors (Lipinski definition) is 1. The zero-order valence-corrected chi connectivity index (χ0v) is 13.8. The Kier molecular flexibility index (Phi) is 4.28. The maximum Gasteiger partial charge on any atom is 0.270 e. The number of nitrogens with zero attached hydrogens (tertiary/aromatic N) is 3. The van der Waals surface area contributed by atoms with Gasteiger partial charge in [0.15, 0.2) is 0 Å². The van der Waals surface area contributed by atoms with Crippen LogP contribution in [0.25, 0.3) is 0 Å². The van der Waals surface area contributed by atoms with Crippen molar-refractivity contribution in [3.8, 4) is 0 Å². The lowest BCUT2D eigenvalue weighted by Gasteiger charge is -2.19. The fourth-order valence-electron chi connectivity index (χ4n) is 2.77. The first kappa shape index (κ1) is 15.5. The summed E-state index contributed by atoms with van der Waals surface area (Å²) in [6.45, 7) is 7.48. The van der Waals surface area contributed by atoms with Crippen molar-refractivity contribution < 1.29 is 4.79 Å². The molecule has 0 unspecified atom stereocenters. The van der Waals surface area contributed by atoms with Gasteiger partial charge in [-0.1, -0.05) is 32.0 Å². The molecule has 1 aliphatic rings. The molecule has 0 saturated heterocycles. The second-order valence-corrected chi connectivity index (χ2v) is 6.29. The van der Waals surface area contributed by atoms with Gasteiger partial charge in [0.2, 0.25) is 0 Å². The van der Waals surface area contributed by atoms with Crippen LogP contribution in [0.3, 0.4) is 0 Å². The van der Waals surface area contributed by atoms with E-state index in [1.165, 1.54) is 11.3 Å². The fourth-order valence-corrected chi connectivity index (χ4v) is 2.77. The number of anilines is 2. The minimum Gasteiger partial charge on any atom is -0.350 e. The van der Waals surface area contributed by atoms with Crippen molar-refractivity contribution in [1.29, 1.82) is 0 Å². The van der Waals surface area contributed by atoms with Crippen LogP contribution in [0.1, 0.15) is 35.7 Å². The molecule has 0 atom stereocenters. The van der Waals surface area contributed by atoms with Crippen LogP contribution in [-0.2, 0) is 6.42 Å². The second-order valence-electron chi connectivity index (χ2n) is 6.29. The molecule has 0 radical (unpaired) electrons. The van der Waals surface area contributed by atoms with Crippen molar-refractivity contribution >= 4 is 17.4 Å². The lowest BCUT2D eigenvalue weighted by Crippen LogP contribution is -2.29. The molecule has 0 bridgehead atoms. The monoisotopic (exact) mass is 310 g/mol. The maximum atomic E-state index is 12.3. The summed E-state index contributed by atoms with van der Waals surface area (Å²) in [7, 11) is 0. The minimum atomic E-state index is -0.141. The minimum absolute atomic E-state index is 0.141. The molecule has 5 nitrogen and oxygen atoms in total. The highest BCUT2D eigenvalue weighted by Gasteiger charge is 2.22. The average molecular weight is 310 g/mol. The number of aryl methyl sites for hydroxylation is 1. The van der Waals surface area contributed by atoms with E-state index in [4.69, 9.17) is 0 Å². The van der Waals surface area contributed by atoms with Crippen molar-refractivity contribution in [2.45, 2.75) is 27.2 Å². The van der Waals surface area contributed by atoms with Gasteiger partial charge >= 0.3 is 0 Å². The highest BCUT2D eigenvalue weighted by Crippen LogP contribution is 2.33. The third-order valence-electron chi connectivity index (χ3n) is 3.89. The molecule has 5 heteroatoms. The van der Waals surface area contributed by atoms with Crippen LogP contribution in [0.4, 0.5) is 11.5 Å². The first-order valence-corrected chi connectivity index (χ1v) is 8.04. The molecule has 0 fully saturated rings. The summed E-state index contributed by atoms with van der Waals surface area (Å²) < 4.78 is 0. The Morgan fingerprint density at radius 3 is 2.87 bits per heavy atom. The average Bonchev–Trinajstić information content (AvgIpc) is 2.96. The molecule has 0 spiro atoms. The standard InChI is InChI=1S/C18H22N4O/c1-12(2)11-19-18(23)15-10-17(21-13(3)20-15)22-9-8-14-6-4-5-7-16(14)22/h4-7,10,12H,8-9,11H2,1-3H3,(H,19,23). The maximum absolute atomic E-state index is 12.3. The van der Waals surface area contributed by atoms with Crippen LogP contribution in [-0.4, -0.2) is 29.0 Å². The molecular formula is C18H22N4O. The number of amides is 1. The third kappa shape index (κ3) is 3.33. The molecule has 1 aliphatic heterocycles. The van der Waals surface area contributed by atoms with Crippen molar-refractivity contribution in [2.75, 3.05) is 18.0 Å². The van der Waals surface area contributed by atoms with Crippen molar-refractivity contribution in [3.05, 3.63) is 47.4 Å². The zero-order valence-electron chi connectivity index (χ0n) is 13.8. The van der Waals surface area contributed by atoms with Crippen LogP contribution in [0.5, 0.6) is 0 Å². The van der Waals surface area contributed by atoms with Crippen molar-refractivity contribution in [2.24, 2.45) is 5.92 Å². The van der Waals surface area contributed by atoms with Gasteiger partial charge in [0.25, 0.3) is 5.91 Å². The zero-order chi connectivity index (χ0) is 16.4. The van der Waals surface area contributed by atoms with Gasteiger partial charge < -0.3 is 10.2 Å². The molecule has 0 saturated carbocycles. The van der Waals surface area contributed by atoms with E-state index in [1.807, 2.05) is 13.0 Å². The molecular weight excluding hydrogens is 288 g/mol.